The standard InChI is InChI=1S/C20H20BrNO2/c21-17-6-3-4-14(10-17)12-22(18-8-9-18)20(23)16-11-15-5-1-2-7-19(15)24-13-16/h1-7,10,16,18H,8-9,11-13H2. The van der Waals surface area contributed by atoms with Crippen LogP contribution in [0.2, 0.25) is 0 Å². The second-order valence-electron chi connectivity index (χ2n) is 6.65. The van der Waals surface area contributed by atoms with Gasteiger partial charge in [-0.15, -0.1) is 0 Å². The van der Waals surface area contributed by atoms with Gasteiger partial charge in [-0.1, -0.05) is 46.3 Å². The summed E-state index contributed by atoms with van der Waals surface area (Å²) in [5, 5.41) is 0. The Bertz CT molecular complexity index is 757. The van der Waals surface area contributed by atoms with Crippen molar-refractivity contribution in [1.29, 1.82) is 0 Å². The maximum Gasteiger partial charge on any atom is 0.230 e. The van der Waals surface area contributed by atoms with E-state index in [-0.39, 0.29) is 11.8 Å². The number of fused-ring (bicyclic) bond motifs is 1. The Labute approximate surface area is 150 Å². The largest absolute Gasteiger partial charge is 0.492 e. The van der Waals surface area contributed by atoms with Crippen LogP contribution in [0.25, 0.3) is 0 Å². The van der Waals surface area contributed by atoms with Gasteiger partial charge in [0.05, 0.1) is 5.92 Å². The Morgan fingerprint density at radius 2 is 2.00 bits per heavy atom. The summed E-state index contributed by atoms with van der Waals surface area (Å²) in [5.41, 5.74) is 2.31. The van der Waals surface area contributed by atoms with Crippen LogP contribution in [0.3, 0.4) is 0 Å². The second kappa shape index (κ2) is 6.60. The van der Waals surface area contributed by atoms with Crippen LogP contribution in [0.1, 0.15) is 24.0 Å². The Morgan fingerprint density at radius 1 is 1.17 bits per heavy atom. The minimum Gasteiger partial charge on any atom is -0.492 e. The van der Waals surface area contributed by atoms with Gasteiger partial charge in [0.15, 0.2) is 0 Å². The average Bonchev–Trinajstić information content (AvgIpc) is 3.44. The van der Waals surface area contributed by atoms with Crippen LogP contribution in [0.4, 0.5) is 0 Å². The number of nitrogens with zero attached hydrogens (tertiary/aromatic N) is 1. The normalized spacial score (nSPS) is 19.3. The molecule has 1 unspecified atom stereocenters. The Morgan fingerprint density at radius 3 is 2.79 bits per heavy atom. The van der Waals surface area contributed by atoms with Gasteiger partial charge in [0, 0.05) is 17.1 Å². The molecule has 2 aromatic rings. The Hall–Kier alpha value is -1.81. The number of hydrogen-bond donors (Lipinski definition) is 0. The van der Waals surface area contributed by atoms with Crippen molar-refractivity contribution in [3.8, 4) is 5.75 Å². The maximum absolute atomic E-state index is 13.1. The van der Waals surface area contributed by atoms with Crippen LogP contribution in [0.15, 0.2) is 53.0 Å². The molecular weight excluding hydrogens is 366 g/mol. The predicted molar refractivity (Wildman–Crippen MR) is 96.8 cm³/mol. The third-order valence-electron chi connectivity index (χ3n) is 4.74. The van der Waals surface area contributed by atoms with Crippen molar-refractivity contribution in [2.75, 3.05) is 6.61 Å². The molecule has 124 valence electrons. The lowest BCUT2D eigenvalue weighted by Gasteiger charge is -2.30. The molecular formula is C20H20BrNO2. The predicted octanol–water partition coefficient (Wildman–Crippen LogP) is 4.19. The minimum atomic E-state index is -0.0762. The maximum atomic E-state index is 13.1. The van der Waals surface area contributed by atoms with E-state index in [0.717, 1.165) is 35.0 Å². The zero-order valence-electron chi connectivity index (χ0n) is 13.5. The summed E-state index contributed by atoms with van der Waals surface area (Å²) < 4.78 is 6.88. The van der Waals surface area contributed by atoms with Gasteiger partial charge in [0.25, 0.3) is 0 Å². The zero-order valence-corrected chi connectivity index (χ0v) is 15.0. The lowest BCUT2D eigenvalue weighted by atomic mass is 9.95. The molecule has 0 radical (unpaired) electrons. The molecule has 1 aliphatic heterocycles. The van der Waals surface area contributed by atoms with Crippen LogP contribution in [0.5, 0.6) is 5.75 Å². The number of carbonyl (C=O) groups is 1. The highest BCUT2D eigenvalue weighted by Gasteiger charge is 2.37. The van der Waals surface area contributed by atoms with Gasteiger partial charge in [-0.2, -0.15) is 0 Å². The van der Waals surface area contributed by atoms with Crippen molar-refractivity contribution < 1.29 is 9.53 Å². The molecule has 2 aromatic carbocycles. The number of ether oxygens (including phenoxy) is 1. The highest BCUT2D eigenvalue weighted by atomic mass is 79.9. The van der Waals surface area contributed by atoms with Crippen molar-refractivity contribution in [3.63, 3.8) is 0 Å². The molecule has 24 heavy (non-hydrogen) atoms. The molecule has 3 nitrogen and oxygen atoms in total. The van der Waals surface area contributed by atoms with Crippen molar-refractivity contribution in [3.05, 3.63) is 64.1 Å². The highest BCUT2D eigenvalue weighted by Crippen LogP contribution is 2.33. The quantitative estimate of drug-likeness (QED) is 0.789. The zero-order chi connectivity index (χ0) is 16.5. The van der Waals surface area contributed by atoms with E-state index in [4.69, 9.17) is 4.74 Å². The molecule has 0 aromatic heterocycles. The molecule has 0 saturated heterocycles. The first-order valence-corrected chi connectivity index (χ1v) is 9.25. The molecule has 4 heteroatoms. The first-order valence-electron chi connectivity index (χ1n) is 8.46. The smallest absolute Gasteiger partial charge is 0.230 e. The number of hydrogen-bond acceptors (Lipinski definition) is 2. The number of carbonyl (C=O) groups excluding carboxylic acids is 1. The topological polar surface area (TPSA) is 29.5 Å². The summed E-state index contributed by atoms with van der Waals surface area (Å²) in [6.45, 7) is 1.17. The van der Waals surface area contributed by atoms with Gasteiger partial charge in [0.1, 0.15) is 12.4 Å². The second-order valence-corrected chi connectivity index (χ2v) is 7.56. The van der Waals surface area contributed by atoms with Gasteiger partial charge >= 0.3 is 0 Å². The number of halogens is 1. The van der Waals surface area contributed by atoms with Crippen LogP contribution >= 0.6 is 15.9 Å². The van der Waals surface area contributed by atoms with E-state index in [1.807, 2.05) is 30.3 Å². The average molecular weight is 386 g/mol. The number of para-hydroxylation sites is 1. The van der Waals surface area contributed by atoms with Crippen molar-refractivity contribution in [2.24, 2.45) is 5.92 Å². The van der Waals surface area contributed by atoms with Crippen molar-refractivity contribution in [2.45, 2.75) is 31.8 Å². The molecule has 1 amide bonds. The molecule has 1 atom stereocenters. The number of amides is 1. The van der Waals surface area contributed by atoms with E-state index in [9.17, 15) is 4.79 Å². The van der Waals surface area contributed by atoms with Gasteiger partial charge in [0.2, 0.25) is 5.91 Å². The summed E-state index contributed by atoms with van der Waals surface area (Å²) in [7, 11) is 0. The lowest BCUT2D eigenvalue weighted by Crippen LogP contribution is -2.41. The Balaban J connectivity index is 1.51. The first-order chi connectivity index (χ1) is 11.7. The molecule has 1 aliphatic carbocycles. The molecule has 0 spiro atoms. The van der Waals surface area contributed by atoms with Crippen LogP contribution in [0, 0.1) is 5.92 Å². The van der Waals surface area contributed by atoms with Crippen LogP contribution in [-0.2, 0) is 17.8 Å². The van der Waals surface area contributed by atoms with Gasteiger partial charge in [-0.05, 0) is 48.6 Å². The number of rotatable bonds is 4. The van der Waals surface area contributed by atoms with E-state index < -0.39 is 0 Å². The molecule has 4 rings (SSSR count). The minimum absolute atomic E-state index is 0.0762. The molecule has 1 saturated carbocycles. The van der Waals surface area contributed by atoms with Gasteiger partial charge in [-0.25, -0.2) is 0 Å². The number of benzene rings is 2. The summed E-state index contributed by atoms with van der Waals surface area (Å²) >= 11 is 3.51. The van der Waals surface area contributed by atoms with E-state index in [2.05, 4.69) is 39.0 Å². The summed E-state index contributed by atoms with van der Waals surface area (Å²) in [6.07, 6.45) is 3.00. The summed E-state index contributed by atoms with van der Waals surface area (Å²) in [5.74, 6) is 1.08. The monoisotopic (exact) mass is 385 g/mol. The molecule has 0 bridgehead atoms. The fourth-order valence-corrected chi connectivity index (χ4v) is 3.77. The van der Waals surface area contributed by atoms with Crippen LogP contribution < -0.4 is 4.74 Å². The SMILES string of the molecule is O=C(C1COc2ccccc2C1)N(Cc1cccc(Br)c1)C1CC1. The first kappa shape index (κ1) is 15.7. The third-order valence-corrected chi connectivity index (χ3v) is 5.23. The van der Waals surface area contributed by atoms with Gasteiger partial charge in [-0.3, -0.25) is 4.79 Å². The van der Waals surface area contributed by atoms with Gasteiger partial charge < -0.3 is 9.64 Å². The van der Waals surface area contributed by atoms with Crippen molar-refractivity contribution >= 4 is 21.8 Å². The highest BCUT2D eigenvalue weighted by molar-refractivity contribution is 9.10. The van der Waals surface area contributed by atoms with E-state index in [1.54, 1.807) is 0 Å². The molecule has 2 aliphatic rings. The third kappa shape index (κ3) is 3.34. The fraction of sp³-hybridized carbons (Fsp3) is 0.350. The molecule has 1 fully saturated rings. The fourth-order valence-electron chi connectivity index (χ4n) is 3.33. The van der Waals surface area contributed by atoms with Crippen LogP contribution in [-0.4, -0.2) is 23.5 Å². The van der Waals surface area contributed by atoms with E-state index >= 15 is 0 Å². The Kier molecular flexibility index (Phi) is 4.31. The lowest BCUT2D eigenvalue weighted by molar-refractivity contribution is -0.138. The van der Waals surface area contributed by atoms with E-state index in [0.29, 0.717) is 19.2 Å². The molecule has 0 N–H and O–H groups in total. The molecule has 1 heterocycles. The van der Waals surface area contributed by atoms with E-state index in [1.165, 1.54) is 5.56 Å². The van der Waals surface area contributed by atoms with Crippen molar-refractivity contribution in [1.82, 2.24) is 4.90 Å². The summed E-state index contributed by atoms with van der Waals surface area (Å²) in [6, 6.07) is 16.6. The summed E-state index contributed by atoms with van der Waals surface area (Å²) in [4.78, 5) is 15.2.